The Labute approximate surface area is 30.8 Å². The highest BCUT2D eigenvalue weighted by molar-refractivity contribution is 5.98. The number of rotatable bonds is 0. The molecule has 1 aliphatic carbocycles. The summed E-state index contributed by atoms with van der Waals surface area (Å²) in [6.45, 7) is 0. The lowest BCUT2D eigenvalue weighted by Crippen LogP contribution is -1.95. The molecule has 0 aliphatic heterocycles. The Hall–Kier alpha value is -0.590. The third kappa shape index (κ3) is 0.232. The van der Waals surface area contributed by atoms with Crippen molar-refractivity contribution in [2.24, 2.45) is 0 Å². The molecular formula is C4H5N. The highest BCUT2D eigenvalue weighted by atomic mass is 14.4. The lowest BCUT2D eigenvalue weighted by atomic mass is 10.1. The van der Waals surface area contributed by atoms with Gasteiger partial charge in [0.05, 0.1) is 0 Å². The van der Waals surface area contributed by atoms with Crippen LogP contribution < -0.4 is 0 Å². The van der Waals surface area contributed by atoms with E-state index in [1.54, 1.807) is 6.08 Å². The standard InChI is InChI=1S/C4H5N/c5-4-2-1-3-4/h1-2,5H,3H2. The van der Waals surface area contributed by atoms with Gasteiger partial charge >= 0.3 is 0 Å². The van der Waals surface area contributed by atoms with Gasteiger partial charge in [-0.05, 0) is 6.08 Å². The Bertz CT molecular complexity index is 81.6. The minimum atomic E-state index is 0.755. The molecule has 1 aliphatic rings. The summed E-state index contributed by atoms with van der Waals surface area (Å²) in [5, 5.41) is 6.74. The van der Waals surface area contributed by atoms with Crippen molar-refractivity contribution in [2.75, 3.05) is 0 Å². The van der Waals surface area contributed by atoms with E-state index in [2.05, 4.69) is 0 Å². The van der Waals surface area contributed by atoms with E-state index >= 15 is 0 Å². The van der Waals surface area contributed by atoms with E-state index in [1.165, 1.54) is 0 Å². The van der Waals surface area contributed by atoms with Crippen LogP contribution in [0.2, 0.25) is 0 Å². The molecule has 0 saturated heterocycles. The molecule has 1 nitrogen and oxygen atoms in total. The van der Waals surface area contributed by atoms with Crippen molar-refractivity contribution in [2.45, 2.75) is 6.42 Å². The van der Waals surface area contributed by atoms with Gasteiger partial charge in [0.2, 0.25) is 0 Å². The van der Waals surface area contributed by atoms with Gasteiger partial charge in [0.15, 0.2) is 0 Å². The van der Waals surface area contributed by atoms with E-state index in [1.807, 2.05) is 6.08 Å². The van der Waals surface area contributed by atoms with Crippen LogP contribution in [0.5, 0.6) is 0 Å². The number of hydrogen-bond acceptors (Lipinski definition) is 1. The first-order valence-electron chi connectivity index (χ1n) is 1.63. The average Bonchev–Trinajstić information content (AvgIpc) is 1.30. The summed E-state index contributed by atoms with van der Waals surface area (Å²) in [5.74, 6) is 0. The Morgan fingerprint density at radius 1 is 1.80 bits per heavy atom. The SMILES string of the molecule is N=C1C=CC1. The molecule has 0 aromatic rings. The first-order valence-corrected chi connectivity index (χ1v) is 1.63. The molecule has 0 saturated carbocycles. The van der Waals surface area contributed by atoms with Crippen LogP contribution in [0.25, 0.3) is 0 Å². The minimum Gasteiger partial charge on any atom is -0.305 e. The molecule has 0 fully saturated rings. The van der Waals surface area contributed by atoms with Crippen molar-refractivity contribution in [3.05, 3.63) is 12.2 Å². The van der Waals surface area contributed by atoms with Crippen molar-refractivity contribution in [3.8, 4) is 0 Å². The lowest BCUT2D eigenvalue weighted by Gasteiger charge is -1.97. The molecule has 0 radical (unpaired) electrons. The summed E-state index contributed by atoms with van der Waals surface area (Å²) in [5.41, 5.74) is 0.755. The summed E-state index contributed by atoms with van der Waals surface area (Å²) in [4.78, 5) is 0. The highest BCUT2D eigenvalue weighted by Gasteiger charge is 1.92. The predicted molar refractivity (Wildman–Crippen MR) is 21.5 cm³/mol. The van der Waals surface area contributed by atoms with Crippen LogP contribution in [0.3, 0.4) is 0 Å². The van der Waals surface area contributed by atoms with E-state index < -0.39 is 0 Å². The Kier molecular flexibility index (Phi) is 0.357. The van der Waals surface area contributed by atoms with Crippen molar-refractivity contribution in [1.82, 2.24) is 0 Å². The van der Waals surface area contributed by atoms with E-state index in [9.17, 15) is 0 Å². The quantitative estimate of drug-likeness (QED) is 0.436. The number of nitrogens with one attached hydrogen (secondary N) is 1. The molecule has 1 rings (SSSR count). The zero-order valence-electron chi connectivity index (χ0n) is 2.86. The molecular weight excluding hydrogens is 62.1 g/mol. The molecule has 0 aromatic carbocycles. The third-order valence-corrected chi connectivity index (χ3v) is 0.657. The van der Waals surface area contributed by atoms with Gasteiger partial charge in [-0.3, -0.25) is 0 Å². The first kappa shape index (κ1) is 2.64. The van der Waals surface area contributed by atoms with Gasteiger partial charge in [-0.1, -0.05) is 6.08 Å². The molecule has 0 aromatic heterocycles. The van der Waals surface area contributed by atoms with Gasteiger partial charge in [-0.25, -0.2) is 0 Å². The zero-order valence-corrected chi connectivity index (χ0v) is 2.86. The Balaban J connectivity index is 2.71. The molecule has 0 heterocycles. The molecule has 0 unspecified atom stereocenters. The van der Waals surface area contributed by atoms with E-state index in [0.717, 1.165) is 12.1 Å². The minimum absolute atomic E-state index is 0.755. The number of allylic oxidation sites excluding steroid dienone is 2. The van der Waals surface area contributed by atoms with Crippen LogP contribution in [0.15, 0.2) is 12.2 Å². The zero-order chi connectivity index (χ0) is 3.70. The average molecular weight is 67.1 g/mol. The van der Waals surface area contributed by atoms with Crippen LogP contribution in [0.4, 0.5) is 0 Å². The second-order valence-corrected chi connectivity index (χ2v) is 1.13. The fraction of sp³-hybridized carbons (Fsp3) is 0.250. The molecule has 0 spiro atoms. The largest absolute Gasteiger partial charge is 0.305 e. The van der Waals surface area contributed by atoms with Gasteiger partial charge in [-0.15, -0.1) is 0 Å². The van der Waals surface area contributed by atoms with Gasteiger partial charge in [0, 0.05) is 12.1 Å². The summed E-state index contributed by atoms with van der Waals surface area (Å²) in [6.07, 6.45) is 4.67. The van der Waals surface area contributed by atoms with Crippen LogP contribution in [0.1, 0.15) is 6.42 Å². The van der Waals surface area contributed by atoms with Crippen LogP contribution in [0, 0.1) is 5.41 Å². The van der Waals surface area contributed by atoms with Crippen LogP contribution in [-0.4, -0.2) is 5.71 Å². The second-order valence-electron chi connectivity index (χ2n) is 1.13. The number of hydrogen-bond donors (Lipinski definition) is 1. The molecule has 1 heteroatoms. The van der Waals surface area contributed by atoms with Crippen molar-refractivity contribution < 1.29 is 0 Å². The Morgan fingerprint density at radius 3 is 2.20 bits per heavy atom. The van der Waals surface area contributed by atoms with Crippen LogP contribution in [-0.2, 0) is 0 Å². The first-order chi connectivity index (χ1) is 2.39. The third-order valence-electron chi connectivity index (χ3n) is 0.657. The van der Waals surface area contributed by atoms with Gasteiger partial charge in [0.25, 0.3) is 0 Å². The molecule has 0 amide bonds. The lowest BCUT2D eigenvalue weighted by molar-refractivity contribution is 1.32. The fourth-order valence-corrected chi connectivity index (χ4v) is 0.236. The predicted octanol–water partition coefficient (Wildman–Crippen LogP) is 0.966. The van der Waals surface area contributed by atoms with Crippen molar-refractivity contribution >= 4 is 5.71 Å². The smallest absolute Gasteiger partial charge is 0.0348 e. The molecule has 0 bridgehead atoms. The topological polar surface area (TPSA) is 23.9 Å². The van der Waals surface area contributed by atoms with Crippen molar-refractivity contribution in [1.29, 1.82) is 5.41 Å². The highest BCUT2D eigenvalue weighted by Crippen LogP contribution is 1.97. The molecule has 0 atom stereocenters. The summed E-state index contributed by atoms with van der Waals surface area (Å²) in [7, 11) is 0. The monoisotopic (exact) mass is 67.0 g/mol. The summed E-state index contributed by atoms with van der Waals surface area (Å²) >= 11 is 0. The normalized spacial score (nSPS) is 18.8. The van der Waals surface area contributed by atoms with E-state index in [4.69, 9.17) is 5.41 Å². The molecule has 26 valence electrons. The van der Waals surface area contributed by atoms with Gasteiger partial charge in [0.1, 0.15) is 0 Å². The van der Waals surface area contributed by atoms with E-state index in [-0.39, 0.29) is 0 Å². The van der Waals surface area contributed by atoms with E-state index in [0.29, 0.717) is 0 Å². The molecule has 5 heavy (non-hydrogen) atoms. The Morgan fingerprint density at radius 2 is 2.20 bits per heavy atom. The maximum absolute atomic E-state index is 6.74. The maximum atomic E-state index is 6.74. The maximum Gasteiger partial charge on any atom is 0.0348 e. The van der Waals surface area contributed by atoms with Crippen molar-refractivity contribution in [3.63, 3.8) is 0 Å². The van der Waals surface area contributed by atoms with Gasteiger partial charge < -0.3 is 5.41 Å². The van der Waals surface area contributed by atoms with Crippen LogP contribution >= 0.6 is 0 Å². The summed E-state index contributed by atoms with van der Waals surface area (Å²) < 4.78 is 0. The second kappa shape index (κ2) is 0.677. The van der Waals surface area contributed by atoms with Gasteiger partial charge in [-0.2, -0.15) is 0 Å². The summed E-state index contributed by atoms with van der Waals surface area (Å²) in [6, 6.07) is 0. The molecule has 1 N–H and O–H groups in total. The fourth-order valence-electron chi connectivity index (χ4n) is 0.236.